The molecular weight excluding hydrogens is 352 g/mol. The second-order valence-corrected chi connectivity index (χ2v) is 7.96. The second kappa shape index (κ2) is 7.36. The quantitative estimate of drug-likeness (QED) is 0.319. The van der Waals surface area contributed by atoms with Crippen molar-refractivity contribution in [3.05, 3.63) is 90.3 Å². The van der Waals surface area contributed by atoms with Crippen LogP contribution >= 0.6 is 0 Å². The maximum absolute atomic E-state index is 4.82. The minimum Gasteiger partial charge on any atom is -0.339 e. The zero-order chi connectivity index (χ0) is 19.8. The molecule has 0 amide bonds. The van der Waals surface area contributed by atoms with Crippen molar-refractivity contribution in [2.24, 2.45) is 0 Å². The highest BCUT2D eigenvalue weighted by Crippen LogP contribution is 2.31. The Hall–Kier alpha value is -3.13. The molecule has 1 atom stereocenters. The Morgan fingerprint density at radius 2 is 1.59 bits per heavy atom. The predicted molar refractivity (Wildman–Crippen MR) is 124 cm³/mol. The number of hydrogen-bond acceptors (Lipinski definition) is 1. The van der Waals surface area contributed by atoms with Crippen molar-refractivity contribution >= 4 is 32.6 Å². The summed E-state index contributed by atoms with van der Waals surface area (Å²) in [6.45, 7) is 5.50. The van der Waals surface area contributed by atoms with Crippen LogP contribution in [0, 0.1) is 0 Å². The van der Waals surface area contributed by atoms with Gasteiger partial charge in [-0.2, -0.15) is 0 Å². The molecule has 0 saturated heterocycles. The van der Waals surface area contributed by atoms with E-state index in [0.29, 0.717) is 5.92 Å². The number of pyridine rings is 1. The minimum atomic E-state index is 0.496. The first kappa shape index (κ1) is 17.9. The molecule has 0 saturated carbocycles. The molecule has 5 rings (SSSR count). The first-order valence-corrected chi connectivity index (χ1v) is 10.6. The first-order valence-electron chi connectivity index (χ1n) is 10.6. The van der Waals surface area contributed by atoms with Gasteiger partial charge in [-0.15, -0.1) is 0 Å². The lowest BCUT2D eigenvalue weighted by Crippen LogP contribution is -1.99. The van der Waals surface area contributed by atoms with Crippen molar-refractivity contribution in [2.75, 3.05) is 0 Å². The molecule has 29 heavy (non-hydrogen) atoms. The van der Waals surface area contributed by atoms with E-state index in [-0.39, 0.29) is 0 Å². The fourth-order valence-corrected chi connectivity index (χ4v) is 4.67. The summed E-state index contributed by atoms with van der Waals surface area (Å²) in [7, 11) is 0. The first-order chi connectivity index (χ1) is 14.3. The Morgan fingerprint density at radius 3 is 2.45 bits per heavy atom. The molecule has 2 aromatic heterocycles. The summed E-state index contributed by atoms with van der Waals surface area (Å²) in [5, 5.41) is 5.35. The van der Waals surface area contributed by atoms with E-state index in [1.165, 1.54) is 43.8 Å². The maximum Gasteiger partial charge on any atom is 0.0677 e. The molecule has 2 nitrogen and oxygen atoms in total. The van der Waals surface area contributed by atoms with E-state index < -0.39 is 0 Å². The summed E-state index contributed by atoms with van der Waals surface area (Å²) < 4.78 is 2.36. The molecular formula is C27H26N2. The molecule has 0 unspecified atom stereocenters. The van der Waals surface area contributed by atoms with E-state index in [0.717, 1.165) is 19.4 Å². The van der Waals surface area contributed by atoms with E-state index in [4.69, 9.17) is 4.98 Å². The molecule has 0 bridgehead atoms. The number of fused-ring (bicyclic) bond motifs is 4. The molecule has 2 heterocycles. The highest BCUT2D eigenvalue weighted by Gasteiger charge is 2.13. The van der Waals surface area contributed by atoms with Gasteiger partial charge in [0, 0.05) is 28.5 Å². The average molecular weight is 379 g/mol. The van der Waals surface area contributed by atoms with Gasteiger partial charge < -0.3 is 4.57 Å². The van der Waals surface area contributed by atoms with Gasteiger partial charge in [-0.25, -0.2) is 0 Å². The third-order valence-corrected chi connectivity index (χ3v) is 6.22. The number of rotatable bonds is 5. The van der Waals surface area contributed by atoms with Crippen molar-refractivity contribution in [3.8, 4) is 0 Å². The molecule has 0 aliphatic heterocycles. The van der Waals surface area contributed by atoms with Gasteiger partial charge in [-0.05, 0) is 54.2 Å². The molecule has 2 heteroatoms. The Morgan fingerprint density at radius 1 is 0.828 bits per heavy atom. The summed E-state index contributed by atoms with van der Waals surface area (Å²) in [4.78, 5) is 4.82. The van der Waals surface area contributed by atoms with Gasteiger partial charge >= 0.3 is 0 Å². The lowest BCUT2D eigenvalue weighted by Gasteiger charge is -2.14. The monoisotopic (exact) mass is 378 g/mol. The topological polar surface area (TPSA) is 17.8 Å². The highest BCUT2D eigenvalue weighted by molar-refractivity contribution is 6.07. The molecule has 0 aliphatic carbocycles. The van der Waals surface area contributed by atoms with E-state index >= 15 is 0 Å². The minimum absolute atomic E-state index is 0.496. The molecule has 5 aromatic rings. The number of hydrogen-bond donors (Lipinski definition) is 0. The standard InChI is InChI=1S/C27H26N2/c1-3-29-26-14-7-6-12-24(26)25-17-21(28-18-27(25)29)16-15-19(2)22-13-8-10-20-9-4-5-11-23(20)22/h4-14,17-19H,3,15-16H2,1-2H3/t19-/m0/s1. The smallest absolute Gasteiger partial charge is 0.0677 e. The predicted octanol–water partition coefficient (Wildman–Crippen LogP) is 7.10. The van der Waals surface area contributed by atoms with Crippen molar-refractivity contribution < 1.29 is 0 Å². The largest absolute Gasteiger partial charge is 0.339 e. The summed E-state index contributed by atoms with van der Waals surface area (Å²) in [5.74, 6) is 0.496. The van der Waals surface area contributed by atoms with Gasteiger partial charge in [0.25, 0.3) is 0 Å². The van der Waals surface area contributed by atoms with Crippen LogP contribution < -0.4 is 0 Å². The van der Waals surface area contributed by atoms with Gasteiger partial charge in [-0.1, -0.05) is 67.6 Å². The van der Waals surface area contributed by atoms with Crippen molar-refractivity contribution in [1.82, 2.24) is 9.55 Å². The Labute approximate surface area is 171 Å². The third-order valence-electron chi connectivity index (χ3n) is 6.22. The molecule has 3 aromatic carbocycles. The zero-order valence-electron chi connectivity index (χ0n) is 17.1. The maximum atomic E-state index is 4.82. The van der Waals surface area contributed by atoms with Crippen LogP contribution in [0.5, 0.6) is 0 Å². The number of nitrogens with zero attached hydrogens (tertiary/aromatic N) is 2. The van der Waals surface area contributed by atoms with Crippen LogP contribution in [0.1, 0.15) is 37.4 Å². The number of aromatic nitrogens is 2. The van der Waals surface area contributed by atoms with Crippen molar-refractivity contribution in [2.45, 2.75) is 39.2 Å². The Bertz CT molecular complexity index is 1310. The van der Waals surface area contributed by atoms with Gasteiger partial charge in [-0.3, -0.25) is 4.98 Å². The van der Waals surface area contributed by atoms with Crippen LogP contribution in [0.3, 0.4) is 0 Å². The van der Waals surface area contributed by atoms with E-state index in [9.17, 15) is 0 Å². The van der Waals surface area contributed by atoms with Crippen LogP contribution in [0.2, 0.25) is 0 Å². The van der Waals surface area contributed by atoms with Crippen LogP contribution in [-0.4, -0.2) is 9.55 Å². The highest BCUT2D eigenvalue weighted by atomic mass is 15.0. The van der Waals surface area contributed by atoms with Gasteiger partial charge in [0.05, 0.1) is 11.7 Å². The van der Waals surface area contributed by atoms with E-state index in [1.807, 2.05) is 0 Å². The van der Waals surface area contributed by atoms with Gasteiger partial charge in [0.15, 0.2) is 0 Å². The summed E-state index contributed by atoms with van der Waals surface area (Å²) in [6.07, 6.45) is 4.15. The molecule has 0 fully saturated rings. The fourth-order valence-electron chi connectivity index (χ4n) is 4.67. The third kappa shape index (κ3) is 3.09. The van der Waals surface area contributed by atoms with E-state index in [2.05, 4.69) is 97.4 Å². The molecule has 0 aliphatic rings. The summed E-state index contributed by atoms with van der Waals surface area (Å²) in [5.41, 5.74) is 5.16. The molecule has 0 spiro atoms. The average Bonchev–Trinajstić information content (AvgIpc) is 3.10. The van der Waals surface area contributed by atoms with Crippen molar-refractivity contribution in [1.29, 1.82) is 0 Å². The van der Waals surface area contributed by atoms with Crippen LogP contribution in [0.25, 0.3) is 32.6 Å². The van der Waals surface area contributed by atoms with Crippen LogP contribution in [-0.2, 0) is 13.0 Å². The SMILES string of the molecule is CCn1c2ccccc2c2cc(CC[C@H](C)c3cccc4ccccc34)ncc21. The molecule has 144 valence electrons. The zero-order valence-corrected chi connectivity index (χ0v) is 17.1. The Kier molecular flexibility index (Phi) is 4.55. The second-order valence-electron chi connectivity index (χ2n) is 7.96. The van der Waals surface area contributed by atoms with Gasteiger partial charge in [0.1, 0.15) is 0 Å². The van der Waals surface area contributed by atoms with E-state index in [1.54, 1.807) is 0 Å². The lowest BCUT2D eigenvalue weighted by atomic mass is 9.91. The number of aryl methyl sites for hydroxylation is 2. The fraction of sp³-hybridized carbons (Fsp3) is 0.222. The molecule has 0 N–H and O–H groups in total. The summed E-state index contributed by atoms with van der Waals surface area (Å²) >= 11 is 0. The van der Waals surface area contributed by atoms with Crippen molar-refractivity contribution in [3.63, 3.8) is 0 Å². The normalized spacial score (nSPS) is 12.8. The number of benzene rings is 3. The number of para-hydroxylation sites is 1. The lowest BCUT2D eigenvalue weighted by molar-refractivity contribution is 0.675. The summed E-state index contributed by atoms with van der Waals surface area (Å²) in [6, 6.07) is 26.3. The molecule has 0 radical (unpaired) electrons. The Balaban J connectivity index is 1.45. The van der Waals surface area contributed by atoms with Gasteiger partial charge in [0.2, 0.25) is 0 Å². The van der Waals surface area contributed by atoms with Crippen LogP contribution in [0.4, 0.5) is 0 Å². The van der Waals surface area contributed by atoms with Crippen LogP contribution in [0.15, 0.2) is 79.0 Å².